The first kappa shape index (κ1) is 10.9. The predicted octanol–water partition coefficient (Wildman–Crippen LogP) is 1.05. The summed E-state index contributed by atoms with van der Waals surface area (Å²) in [6.07, 6.45) is 8.65. The molecule has 1 aliphatic heterocycles. The maximum absolute atomic E-state index is 12.1. The van der Waals surface area contributed by atoms with E-state index in [-0.39, 0.29) is 11.8 Å². The Hall–Kier alpha value is -1.58. The van der Waals surface area contributed by atoms with Gasteiger partial charge in [-0.2, -0.15) is 0 Å². The number of nitrogens with zero attached hydrogens (tertiary/aromatic N) is 1. The van der Waals surface area contributed by atoms with Crippen molar-refractivity contribution in [3.8, 4) is 0 Å². The Morgan fingerprint density at radius 1 is 1.00 bits per heavy atom. The number of carbonyl (C=O) groups is 2. The maximum Gasteiger partial charge on any atom is 0.307 e. The molecular formula is C12H15NO3. The second-order valence-electron chi connectivity index (χ2n) is 4.21. The lowest BCUT2D eigenvalue weighted by Crippen LogP contribution is -2.40. The van der Waals surface area contributed by atoms with Gasteiger partial charge in [0.1, 0.15) is 0 Å². The van der Waals surface area contributed by atoms with Crippen LogP contribution in [0.2, 0.25) is 0 Å². The monoisotopic (exact) mass is 221 g/mol. The Balaban J connectivity index is 2.08. The van der Waals surface area contributed by atoms with Crippen LogP contribution in [0.15, 0.2) is 24.3 Å². The largest absolute Gasteiger partial charge is 0.481 e. The minimum Gasteiger partial charge on any atom is -0.481 e. The van der Waals surface area contributed by atoms with Crippen LogP contribution < -0.4 is 0 Å². The zero-order valence-electron chi connectivity index (χ0n) is 9.00. The summed E-state index contributed by atoms with van der Waals surface area (Å²) >= 11 is 0. The van der Waals surface area contributed by atoms with E-state index in [4.69, 9.17) is 5.11 Å². The van der Waals surface area contributed by atoms with Crippen LogP contribution >= 0.6 is 0 Å². The molecule has 0 saturated carbocycles. The normalized spacial score (nSPS) is 28.4. The van der Waals surface area contributed by atoms with Gasteiger partial charge in [0.05, 0.1) is 11.8 Å². The smallest absolute Gasteiger partial charge is 0.307 e. The van der Waals surface area contributed by atoms with Crippen molar-refractivity contribution in [1.29, 1.82) is 0 Å². The third-order valence-corrected chi connectivity index (χ3v) is 3.20. The minimum absolute atomic E-state index is 0.0262. The van der Waals surface area contributed by atoms with E-state index < -0.39 is 11.9 Å². The fourth-order valence-corrected chi connectivity index (χ4v) is 2.25. The number of carboxylic acid groups (broad SMARTS) is 1. The molecule has 0 fully saturated rings. The van der Waals surface area contributed by atoms with E-state index in [0.717, 1.165) is 0 Å². The number of carboxylic acids is 1. The van der Waals surface area contributed by atoms with Crippen molar-refractivity contribution in [1.82, 2.24) is 4.90 Å². The Morgan fingerprint density at radius 2 is 1.56 bits per heavy atom. The van der Waals surface area contributed by atoms with Gasteiger partial charge in [-0.05, 0) is 12.8 Å². The number of hydrogen-bond donors (Lipinski definition) is 1. The van der Waals surface area contributed by atoms with Crippen molar-refractivity contribution >= 4 is 11.9 Å². The average molecular weight is 221 g/mol. The number of aliphatic carboxylic acids is 1. The highest BCUT2D eigenvalue weighted by molar-refractivity contribution is 5.85. The predicted molar refractivity (Wildman–Crippen MR) is 58.7 cm³/mol. The van der Waals surface area contributed by atoms with Crippen molar-refractivity contribution < 1.29 is 14.7 Å². The molecule has 0 aromatic rings. The van der Waals surface area contributed by atoms with Crippen molar-refractivity contribution in [3.05, 3.63) is 24.3 Å². The lowest BCUT2D eigenvalue weighted by Gasteiger charge is -2.28. The molecule has 0 saturated heterocycles. The van der Waals surface area contributed by atoms with Crippen molar-refractivity contribution in [2.75, 3.05) is 13.1 Å². The van der Waals surface area contributed by atoms with Gasteiger partial charge in [0.2, 0.25) is 5.91 Å². The first-order valence-electron chi connectivity index (χ1n) is 5.51. The Kier molecular flexibility index (Phi) is 3.08. The van der Waals surface area contributed by atoms with Crippen LogP contribution in [0.1, 0.15) is 12.8 Å². The van der Waals surface area contributed by atoms with Crippen LogP contribution in [0.5, 0.6) is 0 Å². The zero-order chi connectivity index (χ0) is 11.5. The van der Waals surface area contributed by atoms with Crippen molar-refractivity contribution in [2.45, 2.75) is 12.8 Å². The third-order valence-electron chi connectivity index (χ3n) is 3.20. The van der Waals surface area contributed by atoms with E-state index in [1.54, 1.807) is 4.90 Å². The first-order valence-corrected chi connectivity index (χ1v) is 5.51. The molecule has 0 aromatic heterocycles. The lowest BCUT2D eigenvalue weighted by molar-refractivity contribution is -0.150. The molecule has 16 heavy (non-hydrogen) atoms. The summed E-state index contributed by atoms with van der Waals surface area (Å²) in [4.78, 5) is 24.9. The zero-order valence-corrected chi connectivity index (χ0v) is 9.00. The summed E-state index contributed by atoms with van der Waals surface area (Å²) in [5.74, 6) is -1.84. The first-order chi connectivity index (χ1) is 7.70. The maximum atomic E-state index is 12.1. The second-order valence-corrected chi connectivity index (χ2v) is 4.21. The Bertz CT molecular complexity index is 351. The lowest BCUT2D eigenvalue weighted by atomic mass is 9.82. The second kappa shape index (κ2) is 4.51. The van der Waals surface area contributed by atoms with Gasteiger partial charge in [0, 0.05) is 13.1 Å². The van der Waals surface area contributed by atoms with Crippen LogP contribution in [0.25, 0.3) is 0 Å². The molecule has 1 heterocycles. The van der Waals surface area contributed by atoms with Gasteiger partial charge in [0.25, 0.3) is 0 Å². The quantitative estimate of drug-likeness (QED) is 0.709. The molecule has 1 amide bonds. The number of hydrogen-bond acceptors (Lipinski definition) is 2. The molecule has 4 heteroatoms. The van der Waals surface area contributed by atoms with E-state index in [1.807, 2.05) is 24.3 Å². The highest BCUT2D eigenvalue weighted by atomic mass is 16.4. The molecule has 4 nitrogen and oxygen atoms in total. The van der Waals surface area contributed by atoms with E-state index in [9.17, 15) is 9.59 Å². The topological polar surface area (TPSA) is 57.6 Å². The van der Waals surface area contributed by atoms with Crippen LogP contribution in [-0.2, 0) is 9.59 Å². The molecule has 0 radical (unpaired) electrons. The SMILES string of the molecule is O=C(O)[C@H]1CC=CC[C@H]1C(=O)N1CC=CC1. The van der Waals surface area contributed by atoms with Crippen LogP contribution in [0, 0.1) is 11.8 Å². The average Bonchev–Trinajstić information content (AvgIpc) is 2.81. The van der Waals surface area contributed by atoms with E-state index in [2.05, 4.69) is 0 Å². The summed E-state index contributed by atoms with van der Waals surface area (Å²) < 4.78 is 0. The molecule has 2 atom stereocenters. The summed E-state index contributed by atoms with van der Waals surface area (Å²) in [5, 5.41) is 9.08. The van der Waals surface area contributed by atoms with Gasteiger partial charge in [-0.15, -0.1) is 0 Å². The van der Waals surface area contributed by atoms with Crippen LogP contribution in [0.4, 0.5) is 0 Å². The molecule has 2 rings (SSSR count). The van der Waals surface area contributed by atoms with E-state index in [1.165, 1.54) is 0 Å². The van der Waals surface area contributed by atoms with Gasteiger partial charge < -0.3 is 10.0 Å². The van der Waals surface area contributed by atoms with Gasteiger partial charge >= 0.3 is 5.97 Å². The fourth-order valence-electron chi connectivity index (χ4n) is 2.25. The van der Waals surface area contributed by atoms with Crippen molar-refractivity contribution in [2.24, 2.45) is 11.8 Å². The van der Waals surface area contributed by atoms with Gasteiger partial charge in [-0.25, -0.2) is 0 Å². The van der Waals surface area contributed by atoms with Crippen LogP contribution in [-0.4, -0.2) is 35.0 Å². The van der Waals surface area contributed by atoms with Gasteiger partial charge in [-0.1, -0.05) is 24.3 Å². The number of allylic oxidation sites excluding steroid dienone is 2. The molecule has 0 aromatic carbocycles. The summed E-state index contributed by atoms with van der Waals surface area (Å²) in [6.45, 7) is 1.23. The summed E-state index contributed by atoms with van der Waals surface area (Å²) in [5.41, 5.74) is 0. The Labute approximate surface area is 94.2 Å². The molecule has 1 N–H and O–H groups in total. The molecular weight excluding hydrogens is 206 g/mol. The molecule has 2 aliphatic rings. The van der Waals surface area contributed by atoms with E-state index in [0.29, 0.717) is 25.9 Å². The molecule has 86 valence electrons. The third kappa shape index (κ3) is 2.01. The molecule has 1 aliphatic carbocycles. The van der Waals surface area contributed by atoms with Gasteiger partial charge in [-0.3, -0.25) is 9.59 Å². The van der Waals surface area contributed by atoms with Gasteiger partial charge in [0.15, 0.2) is 0 Å². The van der Waals surface area contributed by atoms with Crippen molar-refractivity contribution in [3.63, 3.8) is 0 Å². The highest BCUT2D eigenvalue weighted by Gasteiger charge is 2.36. The molecule has 0 bridgehead atoms. The highest BCUT2D eigenvalue weighted by Crippen LogP contribution is 2.28. The minimum atomic E-state index is -0.866. The fraction of sp³-hybridized carbons (Fsp3) is 0.500. The summed E-state index contributed by atoms with van der Waals surface area (Å²) in [7, 11) is 0. The number of rotatable bonds is 2. The molecule has 0 unspecified atom stereocenters. The Morgan fingerprint density at radius 3 is 2.12 bits per heavy atom. The molecule has 0 spiro atoms. The van der Waals surface area contributed by atoms with E-state index >= 15 is 0 Å². The van der Waals surface area contributed by atoms with Crippen LogP contribution in [0.3, 0.4) is 0 Å². The number of amides is 1. The number of carbonyl (C=O) groups excluding carboxylic acids is 1. The standard InChI is InChI=1S/C12H15NO3/c14-11(13-7-3-4-8-13)9-5-1-2-6-10(9)12(15)16/h1-4,9-10H,5-8H2,(H,15,16)/t9-,10+/m1/s1. The summed E-state index contributed by atoms with van der Waals surface area (Å²) in [6, 6.07) is 0.